The van der Waals surface area contributed by atoms with Crippen molar-refractivity contribution in [3.63, 3.8) is 0 Å². The molecular formula is C15H26N2OS. The largest absolute Gasteiger partial charge is 0.342 e. The van der Waals surface area contributed by atoms with Crippen molar-refractivity contribution >= 4 is 17.2 Å². The van der Waals surface area contributed by atoms with Crippen LogP contribution >= 0.6 is 11.3 Å². The molecule has 1 aromatic heterocycles. The fraction of sp³-hybridized carbons (Fsp3) is 0.667. The van der Waals surface area contributed by atoms with Gasteiger partial charge in [-0.2, -0.15) is 0 Å². The summed E-state index contributed by atoms with van der Waals surface area (Å²) in [4.78, 5) is 17.7. The van der Waals surface area contributed by atoms with Crippen LogP contribution in [0.15, 0.2) is 17.5 Å². The third kappa shape index (κ3) is 6.21. The highest BCUT2D eigenvalue weighted by atomic mass is 32.1. The van der Waals surface area contributed by atoms with Crippen LogP contribution in [-0.4, -0.2) is 42.4 Å². The van der Waals surface area contributed by atoms with E-state index >= 15 is 0 Å². The van der Waals surface area contributed by atoms with Gasteiger partial charge in [-0.05, 0) is 31.3 Å². The Kier molecular flexibility index (Phi) is 7.75. The molecule has 108 valence electrons. The van der Waals surface area contributed by atoms with Crippen LogP contribution < -0.4 is 0 Å². The lowest BCUT2D eigenvalue weighted by Gasteiger charge is -2.25. The number of nitrogens with zero attached hydrogens (tertiary/aromatic N) is 2. The Balaban J connectivity index is 2.41. The minimum Gasteiger partial charge on any atom is -0.342 e. The van der Waals surface area contributed by atoms with Crippen molar-refractivity contribution in [3.05, 3.63) is 22.4 Å². The number of rotatable bonds is 9. The molecule has 1 amide bonds. The molecule has 0 saturated heterocycles. The normalized spacial score (nSPS) is 10.9. The molecule has 0 aliphatic carbocycles. The molecule has 1 aromatic rings. The van der Waals surface area contributed by atoms with E-state index in [1.54, 1.807) is 11.3 Å². The summed E-state index contributed by atoms with van der Waals surface area (Å²) in [7, 11) is 2.02. The Morgan fingerprint density at radius 1 is 1.26 bits per heavy atom. The maximum atomic E-state index is 12.3. The summed E-state index contributed by atoms with van der Waals surface area (Å²) in [6.45, 7) is 7.44. The van der Waals surface area contributed by atoms with Gasteiger partial charge in [0.2, 0.25) is 5.91 Å². The van der Waals surface area contributed by atoms with E-state index in [2.05, 4.69) is 36.3 Å². The van der Waals surface area contributed by atoms with Crippen molar-refractivity contribution in [2.24, 2.45) is 0 Å². The smallest absolute Gasteiger partial charge is 0.236 e. The molecule has 0 unspecified atom stereocenters. The van der Waals surface area contributed by atoms with Crippen molar-refractivity contribution < 1.29 is 4.79 Å². The van der Waals surface area contributed by atoms with Gasteiger partial charge in [0.15, 0.2) is 0 Å². The lowest BCUT2D eigenvalue weighted by Crippen LogP contribution is -2.39. The van der Waals surface area contributed by atoms with Crippen LogP contribution in [0.25, 0.3) is 0 Å². The van der Waals surface area contributed by atoms with Gasteiger partial charge < -0.3 is 4.90 Å². The Hall–Kier alpha value is -0.870. The van der Waals surface area contributed by atoms with E-state index in [1.165, 1.54) is 4.88 Å². The monoisotopic (exact) mass is 282 g/mol. The zero-order valence-corrected chi connectivity index (χ0v) is 13.2. The molecule has 0 spiro atoms. The Bertz CT molecular complexity index is 351. The summed E-state index contributed by atoms with van der Waals surface area (Å²) in [5.74, 6) is 0.259. The quantitative estimate of drug-likeness (QED) is 0.694. The number of unbranched alkanes of at least 4 members (excludes halogenated alkanes) is 1. The topological polar surface area (TPSA) is 23.6 Å². The molecule has 1 rings (SSSR count). The van der Waals surface area contributed by atoms with E-state index in [4.69, 9.17) is 0 Å². The number of carbonyl (C=O) groups excluding carboxylic acids is 1. The molecule has 0 fully saturated rings. The highest BCUT2D eigenvalue weighted by molar-refractivity contribution is 7.09. The second kappa shape index (κ2) is 9.10. The first-order chi connectivity index (χ1) is 9.17. The van der Waals surface area contributed by atoms with Gasteiger partial charge in [0.25, 0.3) is 0 Å². The van der Waals surface area contributed by atoms with E-state index in [0.29, 0.717) is 6.54 Å². The summed E-state index contributed by atoms with van der Waals surface area (Å²) >= 11 is 1.74. The van der Waals surface area contributed by atoms with Gasteiger partial charge in [-0.1, -0.05) is 26.3 Å². The summed E-state index contributed by atoms with van der Waals surface area (Å²) in [6, 6.07) is 4.17. The second-order valence-electron chi connectivity index (χ2n) is 4.99. The summed E-state index contributed by atoms with van der Waals surface area (Å²) in [5.41, 5.74) is 0. The summed E-state index contributed by atoms with van der Waals surface area (Å²) in [6.07, 6.45) is 3.27. The minimum absolute atomic E-state index is 0.259. The van der Waals surface area contributed by atoms with Crippen LogP contribution in [0.4, 0.5) is 0 Å². The first-order valence-corrected chi connectivity index (χ1v) is 8.04. The van der Waals surface area contributed by atoms with Crippen molar-refractivity contribution in [3.8, 4) is 0 Å². The molecule has 0 bridgehead atoms. The summed E-state index contributed by atoms with van der Waals surface area (Å²) in [5, 5.41) is 2.08. The number of thiophene rings is 1. The first kappa shape index (κ1) is 16.2. The maximum absolute atomic E-state index is 12.3. The van der Waals surface area contributed by atoms with Crippen LogP contribution in [0.3, 0.4) is 0 Å². The summed E-state index contributed by atoms with van der Waals surface area (Å²) < 4.78 is 0. The zero-order chi connectivity index (χ0) is 14.1. The predicted octanol–water partition coefficient (Wildman–Crippen LogP) is 3.22. The van der Waals surface area contributed by atoms with E-state index in [0.717, 1.165) is 38.9 Å². The fourth-order valence-corrected chi connectivity index (χ4v) is 2.82. The number of hydrogen-bond donors (Lipinski definition) is 0. The predicted molar refractivity (Wildman–Crippen MR) is 82.4 cm³/mol. The van der Waals surface area contributed by atoms with Crippen LogP contribution in [0.1, 0.15) is 38.0 Å². The minimum atomic E-state index is 0.259. The first-order valence-electron chi connectivity index (χ1n) is 7.16. The molecule has 0 aromatic carbocycles. The van der Waals surface area contributed by atoms with Crippen LogP contribution in [0.5, 0.6) is 0 Å². The molecule has 19 heavy (non-hydrogen) atoms. The van der Waals surface area contributed by atoms with Gasteiger partial charge in [-0.15, -0.1) is 11.3 Å². The van der Waals surface area contributed by atoms with Crippen molar-refractivity contribution in [2.45, 2.75) is 39.7 Å². The number of amides is 1. The van der Waals surface area contributed by atoms with Crippen molar-refractivity contribution in [1.29, 1.82) is 0 Å². The van der Waals surface area contributed by atoms with Crippen LogP contribution in [0, 0.1) is 0 Å². The van der Waals surface area contributed by atoms with Gasteiger partial charge >= 0.3 is 0 Å². The molecule has 0 aliphatic heterocycles. The lowest BCUT2D eigenvalue weighted by molar-refractivity contribution is -0.132. The number of hydrogen-bond acceptors (Lipinski definition) is 3. The fourth-order valence-electron chi connectivity index (χ4n) is 2.04. The third-order valence-electron chi connectivity index (χ3n) is 3.04. The molecule has 0 radical (unpaired) electrons. The SMILES string of the molecule is CCCCN(CCC)C(=O)CN(C)Cc1cccs1. The van der Waals surface area contributed by atoms with Crippen molar-refractivity contribution in [1.82, 2.24) is 9.80 Å². The van der Waals surface area contributed by atoms with Gasteiger partial charge in [0.1, 0.15) is 0 Å². The van der Waals surface area contributed by atoms with Gasteiger partial charge in [-0.25, -0.2) is 0 Å². The van der Waals surface area contributed by atoms with Crippen molar-refractivity contribution in [2.75, 3.05) is 26.7 Å². The number of carbonyl (C=O) groups is 1. The third-order valence-corrected chi connectivity index (χ3v) is 3.90. The molecule has 4 heteroatoms. The average Bonchev–Trinajstić information content (AvgIpc) is 2.86. The van der Waals surface area contributed by atoms with Gasteiger partial charge in [0.05, 0.1) is 6.54 Å². The average molecular weight is 282 g/mol. The highest BCUT2D eigenvalue weighted by Gasteiger charge is 2.14. The second-order valence-corrected chi connectivity index (χ2v) is 6.02. The Morgan fingerprint density at radius 3 is 2.63 bits per heavy atom. The Labute approximate surface area is 121 Å². The molecule has 0 aliphatic rings. The maximum Gasteiger partial charge on any atom is 0.236 e. The highest BCUT2D eigenvalue weighted by Crippen LogP contribution is 2.11. The van der Waals surface area contributed by atoms with E-state index < -0.39 is 0 Å². The molecule has 0 atom stereocenters. The molecular weight excluding hydrogens is 256 g/mol. The lowest BCUT2D eigenvalue weighted by atomic mass is 10.3. The van der Waals surface area contributed by atoms with Crippen LogP contribution in [0.2, 0.25) is 0 Å². The van der Waals surface area contributed by atoms with E-state index in [9.17, 15) is 4.79 Å². The molecule has 3 nitrogen and oxygen atoms in total. The molecule has 1 heterocycles. The standard InChI is InChI=1S/C15H26N2OS/c1-4-6-10-17(9-5-2)15(18)13-16(3)12-14-8-7-11-19-14/h7-8,11H,4-6,9-10,12-13H2,1-3H3. The molecule has 0 N–H and O–H groups in total. The molecule has 0 saturated carbocycles. The number of likely N-dealkylation sites (N-methyl/N-ethyl adjacent to an activating group) is 1. The van der Waals surface area contributed by atoms with Gasteiger partial charge in [0, 0.05) is 24.5 Å². The van der Waals surface area contributed by atoms with E-state index in [1.807, 2.05) is 11.9 Å². The van der Waals surface area contributed by atoms with Crippen LogP contribution in [-0.2, 0) is 11.3 Å². The van der Waals surface area contributed by atoms with E-state index in [-0.39, 0.29) is 5.91 Å². The van der Waals surface area contributed by atoms with Gasteiger partial charge in [-0.3, -0.25) is 9.69 Å². The Morgan fingerprint density at radius 2 is 2.05 bits per heavy atom. The zero-order valence-electron chi connectivity index (χ0n) is 12.4.